The molecule has 1 amide bonds. The van der Waals surface area contributed by atoms with Crippen molar-refractivity contribution in [2.75, 3.05) is 23.7 Å². The van der Waals surface area contributed by atoms with Crippen molar-refractivity contribution >= 4 is 33.0 Å². The van der Waals surface area contributed by atoms with Gasteiger partial charge in [0.25, 0.3) is 0 Å². The molecule has 1 N–H and O–H groups in total. The molecule has 23 heavy (non-hydrogen) atoms. The number of anilines is 1. The van der Waals surface area contributed by atoms with Crippen LogP contribution in [-0.2, 0) is 21.2 Å². The van der Waals surface area contributed by atoms with Gasteiger partial charge in [-0.05, 0) is 36.1 Å². The van der Waals surface area contributed by atoms with E-state index in [1.54, 1.807) is 6.07 Å². The first-order valence-electron chi connectivity index (χ1n) is 7.20. The van der Waals surface area contributed by atoms with Gasteiger partial charge in [-0.1, -0.05) is 18.2 Å². The van der Waals surface area contributed by atoms with Crippen molar-refractivity contribution < 1.29 is 13.2 Å². The second kappa shape index (κ2) is 7.61. The van der Waals surface area contributed by atoms with Gasteiger partial charge in [0.05, 0.1) is 24.9 Å². The summed E-state index contributed by atoms with van der Waals surface area (Å²) in [5.41, 5.74) is 1.60. The molecular formula is C16H20N2O3S2. The summed E-state index contributed by atoms with van der Waals surface area (Å²) in [6.07, 6.45) is 1.49. The second-order valence-corrected chi connectivity index (χ2v) is 8.22. The fourth-order valence-corrected chi connectivity index (χ4v) is 3.82. The van der Waals surface area contributed by atoms with Crippen molar-refractivity contribution in [1.29, 1.82) is 0 Å². The van der Waals surface area contributed by atoms with Gasteiger partial charge in [0.15, 0.2) is 0 Å². The van der Waals surface area contributed by atoms with Gasteiger partial charge < -0.3 is 5.32 Å². The monoisotopic (exact) mass is 352 g/mol. The molecule has 0 saturated carbocycles. The van der Waals surface area contributed by atoms with E-state index in [0.717, 1.165) is 10.4 Å². The summed E-state index contributed by atoms with van der Waals surface area (Å²) in [5.74, 6) is -0.106. The summed E-state index contributed by atoms with van der Waals surface area (Å²) in [7, 11) is -3.40. The second-order valence-electron chi connectivity index (χ2n) is 5.28. The van der Waals surface area contributed by atoms with Crippen LogP contribution in [0.15, 0.2) is 41.8 Å². The number of nitrogens with one attached hydrogen (secondary N) is 1. The van der Waals surface area contributed by atoms with Crippen LogP contribution in [0.25, 0.3) is 0 Å². The number of hydrogen-bond donors (Lipinski definition) is 1. The molecule has 0 aliphatic heterocycles. The van der Waals surface area contributed by atoms with Gasteiger partial charge in [-0.3, -0.25) is 9.10 Å². The molecule has 0 atom stereocenters. The fourth-order valence-electron chi connectivity index (χ4n) is 2.20. The van der Waals surface area contributed by atoms with Gasteiger partial charge in [0, 0.05) is 11.4 Å². The van der Waals surface area contributed by atoms with Crippen molar-refractivity contribution in [2.45, 2.75) is 13.3 Å². The Hall–Kier alpha value is -1.86. The van der Waals surface area contributed by atoms with Gasteiger partial charge in [-0.2, -0.15) is 0 Å². The van der Waals surface area contributed by atoms with Crippen LogP contribution in [0.4, 0.5) is 5.69 Å². The van der Waals surface area contributed by atoms with E-state index in [1.165, 1.54) is 21.9 Å². The van der Waals surface area contributed by atoms with Gasteiger partial charge >= 0.3 is 0 Å². The first-order valence-corrected chi connectivity index (χ1v) is 9.92. The Morgan fingerprint density at radius 3 is 2.65 bits per heavy atom. The number of rotatable bonds is 7. The molecule has 1 aromatic heterocycles. The predicted octanol–water partition coefficient (Wildman–Crippen LogP) is 2.18. The number of thiophene rings is 1. The summed E-state index contributed by atoms with van der Waals surface area (Å²) < 4.78 is 25.3. The molecule has 0 unspecified atom stereocenters. The standard InChI is InChI=1S/C16H20N2O3S2/c1-13-5-3-6-14(11-13)18(23(2,20)21)9-8-17-16(19)12-15-7-4-10-22-15/h3-7,10-11H,8-9,12H2,1-2H3,(H,17,19). The molecule has 0 saturated heterocycles. The van der Waals surface area contributed by atoms with Crippen LogP contribution in [0.3, 0.4) is 0 Å². The number of carbonyl (C=O) groups is 1. The molecule has 0 aliphatic carbocycles. The van der Waals surface area contributed by atoms with E-state index in [-0.39, 0.29) is 19.0 Å². The Kier molecular flexibility index (Phi) is 5.79. The SMILES string of the molecule is Cc1cccc(N(CCNC(=O)Cc2cccs2)S(C)(=O)=O)c1. The lowest BCUT2D eigenvalue weighted by Gasteiger charge is -2.23. The maximum Gasteiger partial charge on any atom is 0.232 e. The van der Waals surface area contributed by atoms with Crippen LogP contribution in [0, 0.1) is 6.92 Å². The van der Waals surface area contributed by atoms with Crippen LogP contribution in [0.2, 0.25) is 0 Å². The highest BCUT2D eigenvalue weighted by atomic mass is 32.2. The number of sulfonamides is 1. The Labute approximate surface area is 141 Å². The Balaban J connectivity index is 1.96. The van der Waals surface area contributed by atoms with E-state index in [0.29, 0.717) is 12.1 Å². The minimum atomic E-state index is -3.40. The van der Waals surface area contributed by atoms with Gasteiger partial charge in [0.1, 0.15) is 0 Å². The maximum atomic E-state index is 12.0. The molecule has 0 fully saturated rings. The van der Waals surface area contributed by atoms with Crippen LogP contribution >= 0.6 is 11.3 Å². The predicted molar refractivity (Wildman–Crippen MR) is 94.4 cm³/mol. The molecule has 124 valence electrons. The van der Waals surface area contributed by atoms with E-state index < -0.39 is 10.0 Å². The van der Waals surface area contributed by atoms with E-state index in [4.69, 9.17) is 0 Å². The molecule has 0 aliphatic rings. The number of hydrogen-bond acceptors (Lipinski definition) is 4. The zero-order valence-corrected chi connectivity index (χ0v) is 14.8. The molecule has 0 bridgehead atoms. The third kappa shape index (κ3) is 5.37. The van der Waals surface area contributed by atoms with Crippen molar-refractivity contribution in [2.24, 2.45) is 0 Å². The van der Waals surface area contributed by atoms with Crippen molar-refractivity contribution in [1.82, 2.24) is 5.32 Å². The number of nitrogens with zero attached hydrogens (tertiary/aromatic N) is 1. The van der Waals surface area contributed by atoms with Crippen LogP contribution in [0.5, 0.6) is 0 Å². The fraction of sp³-hybridized carbons (Fsp3) is 0.312. The third-order valence-corrected chi connectivity index (χ3v) is 5.31. The quantitative estimate of drug-likeness (QED) is 0.830. The first-order chi connectivity index (χ1) is 10.9. The summed E-state index contributed by atoms with van der Waals surface area (Å²) in [5, 5.41) is 4.69. The molecule has 5 nitrogen and oxygen atoms in total. The average molecular weight is 352 g/mol. The molecular weight excluding hydrogens is 332 g/mol. The average Bonchev–Trinajstić information content (AvgIpc) is 2.95. The Bertz CT molecular complexity index is 755. The van der Waals surface area contributed by atoms with E-state index in [2.05, 4.69) is 5.32 Å². The highest BCUT2D eigenvalue weighted by molar-refractivity contribution is 7.92. The van der Waals surface area contributed by atoms with Gasteiger partial charge in [-0.15, -0.1) is 11.3 Å². The normalized spacial score (nSPS) is 11.2. The first kappa shape index (κ1) is 17.5. The van der Waals surface area contributed by atoms with Crippen LogP contribution in [-0.4, -0.2) is 33.7 Å². The molecule has 0 spiro atoms. The smallest absolute Gasteiger partial charge is 0.232 e. The summed E-state index contributed by atoms with van der Waals surface area (Å²) in [4.78, 5) is 12.8. The molecule has 7 heteroatoms. The zero-order chi connectivity index (χ0) is 16.9. The zero-order valence-electron chi connectivity index (χ0n) is 13.2. The maximum absolute atomic E-state index is 12.0. The molecule has 1 aromatic carbocycles. The molecule has 2 aromatic rings. The highest BCUT2D eigenvalue weighted by Gasteiger charge is 2.17. The lowest BCUT2D eigenvalue weighted by atomic mass is 10.2. The largest absolute Gasteiger partial charge is 0.354 e. The minimum absolute atomic E-state index is 0.106. The number of aryl methyl sites for hydroxylation is 1. The van der Waals surface area contributed by atoms with Crippen LogP contribution in [0.1, 0.15) is 10.4 Å². The van der Waals surface area contributed by atoms with Crippen LogP contribution < -0.4 is 9.62 Å². The van der Waals surface area contributed by atoms with Gasteiger partial charge in [0.2, 0.25) is 15.9 Å². The Morgan fingerprint density at radius 1 is 1.26 bits per heavy atom. The third-order valence-electron chi connectivity index (χ3n) is 3.24. The van der Waals surface area contributed by atoms with Gasteiger partial charge in [-0.25, -0.2) is 8.42 Å². The van der Waals surface area contributed by atoms with Crippen molar-refractivity contribution in [3.8, 4) is 0 Å². The van der Waals surface area contributed by atoms with Crippen molar-refractivity contribution in [3.05, 3.63) is 52.2 Å². The highest BCUT2D eigenvalue weighted by Crippen LogP contribution is 2.18. The summed E-state index contributed by atoms with van der Waals surface area (Å²) in [6, 6.07) is 11.1. The lowest BCUT2D eigenvalue weighted by molar-refractivity contribution is -0.120. The summed E-state index contributed by atoms with van der Waals surface area (Å²) >= 11 is 1.53. The van der Waals surface area contributed by atoms with E-state index >= 15 is 0 Å². The Morgan fingerprint density at radius 2 is 2.04 bits per heavy atom. The topological polar surface area (TPSA) is 66.5 Å². The lowest BCUT2D eigenvalue weighted by Crippen LogP contribution is -2.38. The molecule has 0 radical (unpaired) electrons. The minimum Gasteiger partial charge on any atom is -0.354 e. The molecule has 1 heterocycles. The summed E-state index contributed by atoms with van der Waals surface area (Å²) in [6.45, 7) is 2.39. The number of carbonyl (C=O) groups excluding carboxylic acids is 1. The van der Waals surface area contributed by atoms with Crippen molar-refractivity contribution in [3.63, 3.8) is 0 Å². The molecule has 2 rings (SSSR count). The van der Waals surface area contributed by atoms with E-state index in [9.17, 15) is 13.2 Å². The number of amides is 1. The number of benzene rings is 1. The van der Waals surface area contributed by atoms with E-state index in [1.807, 2.05) is 42.6 Å².